The highest BCUT2D eigenvalue weighted by Crippen LogP contribution is 2.19. The van der Waals surface area contributed by atoms with Crippen LogP contribution in [-0.2, 0) is 16.1 Å². The van der Waals surface area contributed by atoms with Crippen LogP contribution in [0, 0.1) is 0 Å². The van der Waals surface area contributed by atoms with E-state index in [-0.39, 0.29) is 17.9 Å². The van der Waals surface area contributed by atoms with E-state index in [1.165, 1.54) is 0 Å². The summed E-state index contributed by atoms with van der Waals surface area (Å²) in [5, 5.41) is 8.49. The number of carbonyl (C=O) groups is 2. The maximum atomic E-state index is 11.8. The van der Waals surface area contributed by atoms with Gasteiger partial charge in [0.25, 0.3) is 0 Å². The van der Waals surface area contributed by atoms with Crippen LogP contribution < -0.4 is 10.6 Å². The maximum absolute atomic E-state index is 11.8. The number of hydrogen-bond acceptors (Lipinski definition) is 4. The van der Waals surface area contributed by atoms with Crippen molar-refractivity contribution in [1.82, 2.24) is 15.6 Å². The predicted molar refractivity (Wildman–Crippen MR) is 69.2 cm³/mol. The van der Waals surface area contributed by atoms with E-state index in [9.17, 15) is 9.59 Å². The van der Waals surface area contributed by atoms with Gasteiger partial charge in [0.2, 0.25) is 11.8 Å². The fourth-order valence-electron chi connectivity index (χ4n) is 1.78. The maximum Gasteiger partial charge on any atom is 0.242 e. The van der Waals surface area contributed by atoms with Crippen LogP contribution in [0.2, 0.25) is 0 Å². The second-order valence-corrected chi connectivity index (χ2v) is 5.60. The quantitative estimate of drug-likeness (QED) is 0.860. The van der Waals surface area contributed by atoms with Gasteiger partial charge in [0.1, 0.15) is 6.04 Å². The Balaban J connectivity index is 1.83. The van der Waals surface area contributed by atoms with Crippen LogP contribution in [0.25, 0.3) is 0 Å². The zero-order valence-electron chi connectivity index (χ0n) is 10.5. The molecule has 6 heteroatoms. The first kappa shape index (κ1) is 13.0. The Morgan fingerprint density at radius 3 is 3.00 bits per heavy atom. The van der Waals surface area contributed by atoms with Gasteiger partial charge in [0.05, 0.1) is 17.2 Å². The number of amides is 2. The summed E-state index contributed by atoms with van der Waals surface area (Å²) in [5.74, 6) is 0.236. The van der Waals surface area contributed by atoms with Gasteiger partial charge in [-0.25, -0.2) is 4.98 Å². The van der Waals surface area contributed by atoms with Gasteiger partial charge in [-0.3, -0.25) is 9.59 Å². The Morgan fingerprint density at radius 2 is 2.44 bits per heavy atom. The number of hydrogen-bond donors (Lipinski definition) is 2. The van der Waals surface area contributed by atoms with Crippen molar-refractivity contribution in [3.05, 3.63) is 16.1 Å². The predicted octanol–water partition coefficient (Wildman–Crippen LogP) is 1.16. The fraction of sp³-hybridized carbons (Fsp3) is 0.583. The molecule has 0 radical (unpaired) electrons. The lowest BCUT2D eigenvalue weighted by molar-refractivity contribution is -0.125. The molecule has 0 bridgehead atoms. The molecule has 2 rings (SSSR count). The highest BCUT2D eigenvalue weighted by atomic mass is 32.1. The van der Waals surface area contributed by atoms with Crippen LogP contribution in [0.1, 0.15) is 43.3 Å². The van der Waals surface area contributed by atoms with Crippen LogP contribution in [0.15, 0.2) is 5.38 Å². The molecule has 0 spiro atoms. The lowest BCUT2D eigenvalue weighted by atomic mass is 10.2. The molecule has 1 fully saturated rings. The van der Waals surface area contributed by atoms with Crippen LogP contribution in [-0.4, -0.2) is 22.8 Å². The summed E-state index contributed by atoms with van der Waals surface area (Å²) in [6, 6.07) is -0.374. The molecule has 0 saturated carbocycles. The van der Waals surface area contributed by atoms with Gasteiger partial charge in [-0.05, 0) is 6.42 Å². The smallest absolute Gasteiger partial charge is 0.242 e. The first-order chi connectivity index (χ1) is 8.56. The first-order valence-corrected chi connectivity index (χ1v) is 6.95. The molecule has 1 unspecified atom stereocenters. The van der Waals surface area contributed by atoms with E-state index in [4.69, 9.17) is 0 Å². The molecule has 18 heavy (non-hydrogen) atoms. The molecular weight excluding hydrogens is 250 g/mol. The monoisotopic (exact) mass is 267 g/mol. The average molecular weight is 267 g/mol. The molecule has 1 aromatic heterocycles. The third-order valence-electron chi connectivity index (χ3n) is 2.82. The third kappa shape index (κ3) is 3.07. The van der Waals surface area contributed by atoms with E-state index in [1.807, 2.05) is 5.38 Å². The number of aromatic nitrogens is 1. The molecule has 0 aromatic carbocycles. The molecule has 1 aliphatic heterocycles. The van der Waals surface area contributed by atoms with E-state index < -0.39 is 0 Å². The van der Waals surface area contributed by atoms with E-state index in [2.05, 4.69) is 29.5 Å². The Bertz CT molecular complexity index is 456. The summed E-state index contributed by atoms with van der Waals surface area (Å²) in [6.45, 7) is 4.61. The molecule has 1 saturated heterocycles. The van der Waals surface area contributed by atoms with E-state index in [0.29, 0.717) is 25.3 Å². The molecular formula is C12H17N3O2S. The van der Waals surface area contributed by atoms with Crippen LogP contribution in [0.4, 0.5) is 0 Å². The van der Waals surface area contributed by atoms with Gasteiger partial charge in [-0.15, -0.1) is 11.3 Å². The van der Waals surface area contributed by atoms with Crippen molar-refractivity contribution < 1.29 is 9.59 Å². The van der Waals surface area contributed by atoms with Crippen molar-refractivity contribution >= 4 is 23.2 Å². The zero-order valence-corrected chi connectivity index (χ0v) is 11.3. The largest absolute Gasteiger partial charge is 0.349 e. The topological polar surface area (TPSA) is 71.1 Å². The second-order valence-electron chi connectivity index (χ2n) is 4.71. The number of nitrogens with zero attached hydrogens (tertiary/aromatic N) is 1. The van der Waals surface area contributed by atoms with Crippen molar-refractivity contribution in [2.75, 3.05) is 0 Å². The van der Waals surface area contributed by atoms with Crippen LogP contribution in [0.5, 0.6) is 0 Å². The van der Waals surface area contributed by atoms with E-state index in [0.717, 1.165) is 10.7 Å². The lowest BCUT2D eigenvalue weighted by Crippen LogP contribution is -2.41. The van der Waals surface area contributed by atoms with Gasteiger partial charge in [0, 0.05) is 17.7 Å². The van der Waals surface area contributed by atoms with Crippen molar-refractivity contribution in [2.45, 2.75) is 45.2 Å². The Morgan fingerprint density at radius 1 is 1.67 bits per heavy atom. The lowest BCUT2D eigenvalue weighted by Gasteiger charge is -2.09. The minimum Gasteiger partial charge on any atom is -0.349 e. The summed E-state index contributed by atoms with van der Waals surface area (Å²) in [7, 11) is 0. The van der Waals surface area contributed by atoms with Crippen molar-refractivity contribution in [1.29, 1.82) is 0 Å². The second kappa shape index (κ2) is 5.48. The summed E-state index contributed by atoms with van der Waals surface area (Å²) < 4.78 is 0. The third-order valence-corrected chi connectivity index (χ3v) is 4.01. The van der Waals surface area contributed by atoms with Gasteiger partial charge >= 0.3 is 0 Å². The van der Waals surface area contributed by atoms with E-state index >= 15 is 0 Å². The highest BCUT2D eigenvalue weighted by Gasteiger charge is 2.26. The molecule has 0 aliphatic carbocycles. The first-order valence-electron chi connectivity index (χ1n) is 6.07. The number of thiazole rings is 1. The SMILES string of the molecule is CC(C)c1nc(CNC(=O)C2CCC(=O)N2)cs1. The molecule has 1 aromatic rings. The summed E-state index contributed by atoms with van der Waals surface area (Å²) in [5.41, 5.74) is 0.876. The minimum absolute atomic E-state index is 0.0501. The molecule has 2 heterocycles. The van der Waals surface area contributed by atoms with Crippen molar-refractivity contribution in [2.24, 2.45) is 0 Å². The number of rotatable bonds is 4. The highest BCUT2D eigenvalue weighted by molar-refractivity contribution is 7.09. The van der Waals surface area contributed by atoms with E-state index in [1.54, 1.807) is 11.3 Å². The minimum atomic E-state index is -0.374. The molecule has 1 atom stereocenters. The summed E-state index contributed by atoms with van der Waals surface area (Å²) in [6.07, 6.45) is 1.02. The molecule has 1 aliphatic rings. The standard InChI is InChI=1S/C12H17N3O2S/c1-7(2)12-14-8(6-18-12)5-13-11(17)9-3-4-10(16)15-9/h6-7,9H,3-5H2,1-2H3,(H,13,17)(H,15,16). The van der Waals surface area contributed by atoms with Crippen LogP contribution >= 0.6 is 11.3 Å². The molecule has 98 valence electrons. The number of carbonyl (C=O) groups excluding carboxylic acids is 2. The molecule has 2 N–H and O–H groups in total. The van der Waals surface area contributed by atoms with Gasteiger partial charge in [0.15, 0.2) is 0 Å². The van der Waals surface area contributed by atoms with Crippen molar-refractivity contribution in [3.8, 4) is 0 Å². The summed E-state index contributed by atoms with van der Waals surface area (Å²) >= 11 is 1.61. The van der Waals surface area contributed by atoms with Gasteiger partial charge in [-0.2, -0.15) is 0 Å². The average Bonchev–Trinajstić information content (AvgIpc) is 2.94. The Labute approximate surface area is 110 Å². The summed E-state index contributed by atoms with van der Waals surface area (Å²) in [4.78, 5) is 27.2. The molecule has 2 amide bonds. The van der Waals surface area contributed by atoms with Gasteiger partial charge in [-0.1, -0.05) is 13.8 Å². The van der Waals surface area contributed by atoms with Gasteiger partial charge < -0.3 is 10.6 Å². The number of nitrogens with one attached hydrogen (secondary N) is 2. The van der Waals surface area contributed by atoms with Crippen molar-refractivity contribution in [3.63, 3.8) is 0 Å². The van der Waals surface area contributed by atoms with Crippen LogP contribution in [0.3, 0.4) is 0 Å². The fourth-order valence-corrected chi connectivity index (χ4v) is 2.62. The normalized spacial score (nSPS) is 19.1. The molecule has 5 nitrogen and oxygen atoms in total. The zero-order chi connectivity index (χ0) is 13.1. The Kier molecular flexibility index (Phi) is 3.96. The Hall–Kier alpha value is -1.43.